The predicted octanol–water partition coefficient (Wildman–Crippen LogP) is 3.61. The minimum atomic E-state index is -5.01. The number of hydrogen-bond acceptors (Lipinski definition) is 7. The second kappa shape index (κ2) is 26.2. The largest absolute Gasteiger partial charge is 1.00 e. The first-order valence-corrected chi connectivity index (χ1v) is 15.2. The SMILES string of the molecule is C/C=C/COC(=O)C(CC(=O)OCCCCCCCCCCCCCCCCCCC)S(=O)(=O)[O-].[Na+]. The van der Waals surface area contributed by atoms with Crippen molar-refractivity contribution < 1.29 is 61.6 Å². The van der Waals surface area contributed by atoms with E-state index in [4.69, 9.17) is 9.47 Å². The molecule has 0 aliphatic heterocycles. The molecule has 0 N–H and O–H groups in total. The summed E-state index contributed by atoms with van der Waals surface area (Å²) in [6, 6.07) is 0. The third-order valence-corrected chi connectivity index (χ3v) is 7.09. The van der Waals surface area contributed by atoms with Gasteiger partial charge in [0.15, 0.2) is 5.25 Å². The average molecular weight is 541 g/mol. The molecule has 0 aliphatic carbocycles. The topological polar surface area (TPSA) is 110 Å². The molecule has 0 aromatic heterocycles. The first-order valence-electron chi connectivity index (χ1n) is 13.7. The van der Waals surface area contributed by atoms with Crippen LogP contribution in [-0.4, -0.2) is 43.4 Å². The quantitative estimate of drug-likeness (QED) is 0.0605. The molecule has 1 unspecified atom stereocenters. The van der Waals surface area contributed by atoms with Crippen LogP contribution >= 0.6 is 0 Å². The summed E-state index contributed by atoms with van der Waals surface area (Å²) in [5.41, 5.74) is 0. The van der Waals surface area contributed by atoms with E-state index in [0.717, 1.165) is 19.3 Å². The van der Waals surface area contributed by atoms with Gasteiger partial charge in [-0.15, -0.1) is 0 Å². The molecule has 0 heterocycles. The Bertz CT molecular complexity index is 665. The molecule has 0 bridgehead atoms. The van der Waals surface area contributed by atoms with Gasteiger partial charge in [0.1, 0.15) is 16.7 Å². The zero-order chi connectivity index (χ0) is 26.2. The average Bonchev–Trinajstić information content (AvgIpc) is 2.81. The van der Waals surface area contributed by atoms with Gasteiger partial charge in [-0.05, 0) is 13.3 Å². The van der Waals surface area contributed by atoms with Gasteiger partial charge in [0.05, 0.1) is 13.0 Å². The summed E-state index contributed by atoms with van der Waals surface area (Å²) in [6.45, 7) is 3.95. The molecule has 0 saturated carbocycles. The Morgan fingerprint density at radius 3 is 1.56 bits per heavy atom. The second-order valence-corrected chi connectivity index (χ2v) is 10.8. The molecule has 0 radical (unpaired) electrons. The Kier molecular flexibility index (Phi) is 27.5. The molecule has 206 valence electrons. The number of rotatable bonds is 24. The molecule has 0 fully saturated rings. The Hall–Kier alpha value is -0.410. The van der Waals surface area contributed by atoms with Crippen LogP contribution in [0.2, 0.25) is 0 Å². The molecule has 0 aromatic carbocycles. The van der Waals surface area contributed by atoms with Gasteiger partial charge in [-0.3, -0.25) is 9.59 Å². The number of carbonyl (C=O) groups is 2. The van der Waals surface area contributed by atoms with E-state index in [-0.39, 0.29) is 42.8 Å². The number of hydrogen-bond donors (Lipinski definition) is 0. The van der Waals surface area contributed by atoms with Gasteiger partial charge >= 0.3 is 41.5 Å². The summed E-state index contributed by atoms with van der Waals surface area (Å²) in [6.07, 6.45) is 23.6. The third kappa shape index (κ3) is 24.0. The summed E-state index contributed by atoms with van der Waals surface area (Å²) in [5, 5.41) is -2.07. The van der Waals surface area contributed by atoms with Crippen molar-refractivity contribution in [3.8, 4) is 0 Å². The zero-order valence-electron chi connectivity index (χ0n) is 23.1. The Morgan fingerprint density at radius 1 is 0.750 bits per heavy atom. The van der Waals surface area contributed by atoms with Crippen molar-refractivity contribution in [1.82, 2.24) is 0 Å². The van der Waals surface area contributed by atoms with Crippen molar-refractivity contribution >= 4 is 22.1 Å². The van der Waals surface area contributed by atoms with Crippen LogP contribution in [0, 0.1) is 0 Å². The minimum Gasteiger partial charge on any atom is -0.747 e. The van der Waals surface area contributed by atoms with Gasteiger partial charge in [-0.2, -0.15) is 0 Å². The van der Waals surface area contributed by atoms with Crippen LogP contribution in [0.25, 0.3) is 0 Å². The van der Waals surface area contributed by atoms with Gasteiger partial charge in [-0.1, -0.05) is 122 Å². The van der Waals surface area contributed by atoms with Crippen molar-refractivity contribution in [2.75, 3.05) is 13.2 Å². The fourth-order valence-corrected chi connectivity index (χ4v) is 4.49. The van der Waals surface area contributed by atoms with Crippen molar-refractivity contribution in [3.05, 3.63) is 12.2 Å². The van der Waals surface area contributed by atoms with Crippen molar-refractivity contribution in [2.24, 2.45) is 0 Å². The van der Waals surface area contributed by atoms with Crippen molar-refractivity contribution in [3.63, 3.8) is 0 Å². The van der Waals surface area contributed by atoms with Crippen LogP contribution in [0.15, 0.2) is 12.2 Å². The van der Waals surface area contributed by atoms with Crippen LogP contribution in [0.1, 0.15) is 129 Å². The van der Waals surface area contributed by atoms with Gasteiger partial charge in [0.25, 0.3) is 0 Å². The van der Waals surface area contributed by atoms with E-state index in [1.165, 1.54) is 89.5 Å². The van der Waals surface area contributed by atoms with Gasteiger partial charge in [0, 0.05) is 0 Å². The molecule has 7 nitrogen and oxygen atoms in total. The van der Waals surface area contributed by atoms with Crippen LogP contribution in [0.5, 0.6) is 0 Å². The molecule has 1 atom stereocenters. The predicted molar refractivity (Wildman–Crippen MR) is 139 cm³/mol. The smallest absolute Gasteiger partial charge is 0.747 e. The molecular weight excluding hydrogens is 491 g/mol. The van der Waals surface area contributed by atoms with E-state index in [9.17, 15) is 22.6 Å². The second-order valence-electron chi connectivity index (χ2n) is 9.26. The van der Waals surface area contributed by atoms with E-state index in [1.54, 1.807) is 13.0 Å². The number of unbranched alkanes of at least 4 members (excludes halogenated alkanes) is 16. The molecule has 0 saturated heterocycles. The number of carbonyl (C=O) groups excluding carboxylic acids is 2. The number of esters is 2. The zero-order valence-corrected chi connectivity index (χ0v) is 26.0. The van der Waals surface area contributed by atoms with Gasteiger partial charge in [-0.25, -0.2) is 8.42 Å². The molecule has 36 heavy (non-hydrogen) atoms. The molecule has 9 heteroatoms. The van der Waals surface area contributed by atoms with Crippen LogP contribution in [0.3, 0.4) is 0 Å². The first-order chi connectivity index (χ1) is 16.8. The summed E-state index contributed by atoms with van der Waals surface area (Å²) in [7, 11) is -5.01. The minimum absolute atomic E-state index is 0. The van der Waals surface area contributed by atoms with E-state index >= 15 is 0 Å². The molecule has 0 amide bonds. The van der Waals surface area contributed by atoms with Gasteiger partial charge in [0.2, 0.25) is 0 Å². The molecular formula is C27H49NaO7S. The van der Waals surface area contributed by atoms with Crippen molar-refractivity contribution in [2.45, 2.75) is 135 Å². The van der Waals surface area contributed by atoms with Crippen LogP contribution in [0.4, 0.5) is 0 Å². The maximum absolute atomic E-state index is 11.9. The van der Waals surface area contributed by atoms with Crippen molar-refractivity contribution in [1.29, 1.82) is 0 Å². The molecule has 0 aromatic rings. The van der Waals surface area contributed by atoms with E-state index < -0.39 is 33.7 Å². The first kappa shape index (κ1) is 37.7. The van der Waals surface area contributed by atoms with E-state index in [1.807, 2.05) is 0 Å². The number of ether oxygens (including phenoxy) is 2. The number of allylic oxidation sites excluding steroid dienone is 1. The van der Waals surface area contributed by atoms with E-state index in [0.29, 0.717) is 6.42 Å². The monoisotopic (exact) mass is 540 g/mol. The van der Waals surface area contributed by atoms with Crippen LogP contribution in [-0.2, 0) is 29.2 Å². The molecule has 0 spiro atoms. The fourth-order valence-electron chi connectivity index (χ4n) is 3.85. The third-order valence-electron chi connectivity index (χ3n) is 6.03. The summed E-state index contributed by atoms with van der Waals surface area (Å²) < 4.78 is 43.6. The van der Waals surface area contributed by atoms with E-state index in [2.05, 4.69) is 6.92 Å². The maximum Gasteiger partial charge on any atom is 1.00 e. The summed E-state index contributed by atoms with van der Waals surface area (Å²) in [4.78, 5) is 23.7. The maximum atomic E-state index is 11.9. The van der Waals surface area contributed by atoms with Gasteiger partial charge < -0.3 is 14.0 Å². The summed E-state index contributed by atoms with van der Waals surface area (Å²) >= 11 is 0. The Morgan fingerprint density at radius 2 is 1.17 bits per heavy atom. The van der Waals surface area contributed by atoms with Crippen LogP contribution < -0.4 is 29.6 Å². The normalized spacial score (nSPS) is 12.3. The summed E-state index contributed by atoms with van der Waals surface area (Å²) in [5.74, 6) is -2.11. The fraction of sp³-hybridized carbons (Fsp3) is 0.852. The molecule has 0 aliphatic rings. The Balaban J connectivity index is 0. The Labute approximate surface area is 242 Å². The standard InChI is InChI=1S/C27H50O7S.Na/c1-3-5-7-8-9-10-11-12-13-14-15-16-17-18-19-20-21-23-33-26(28)24-25(35(30,31)32)27(29)34-22-6-4-2;/h4,6,25H,3,5,7-24H2,1-2H3,(H,30,31,32);/q;+1/p-1/b6-4+;. The molecule has 0 rings (SSSR count).